The molecule has 4 N–H and O–H groups in total. The summed E-state index contributed by atoms with van der Waals surface area (Å²) in [5.41, 5.74) is 5.64. The van der Waals surface area contributed by atoms with Crippen molar-refractivity contribution in [2.75, 3.05) is 6.61 Å². The van der Waals surface area contributed by atoms with E-state index in [1.165, 1.54) is 0 Å². The number of phosphoric acid groups is 1. The van der Waals surface area contributed by atoms with Crippen molar-refractivity contribution in [2.45, 2.75) is 33.2 Å². The molecular weight excluding hydrogens is 193 g/mol. The Morgan fingerprint density at radius 2 is 1.92 bits per heavy atom. The fourth-order valence-corrected chi connectivity index (χ4v) is 1.42. The minimum atomic E-state index is -4.37. The Labute approximate surface area is 78.5 Å². The smallest absolute Gasteiger partial charge is 0.326 e. The van der Waals surface area contributed by atoms with Crippen molar-refractivity contribution in [1.82, 2.24) is 0 Å². The lowest BCUT2D eigenvalue weighted by Crippen LogP contribution is -2.30. The molecule has 13 heavy (non-hydrogen) atoms. The molecule has 0 heterocycles. The van der Waals surface area contributed by atoms with Gasteiger partial charge >= 0.3 is 7.82 Å². The van der Waals surface area contributed by atoms with Crippen molar-refractivity contribution in [3.8, 4) is 0 Å². The van der Waals surface area contributed by atoms with Crippen molar-refractivity contribution < 1.29 is 18.9 Å². The first-order chi connectivity index (χ1) is 5.60. The Bertz CT molecular complexity index is 195. The number of hydrogen-bond acceptors (Lipinski definition) is 3. The summed E-state index contributed by atoms with van der Waals surface area (Å²) in [5, 5.41) is 0. The Balaban J connectivity index is 3.77. The van der Waals surface area contributed by atoms with Crippen LogP contribution >= 0.6 is 7.82 Å². The van der Waals surface area contributed by atoms with Gasteiger partial charge in [-0.15, -0.1) is 0 Å². The minimum absolute atomic E-state index is 0.0394. The highest BCUT2D eigenvalue weighted by Crippen LogP contribution is 2.36. The van der Waals surface area contributed by atoms with Crippen molar-refractivity contribution in [3.05, 3.63) is 0 Å². The molecule has 1 unspecified atom stereocenters. The van der Waals surface area contributed by atoms with Crippen LogP contribution in [0.3, 0.4) is 0 Å². The van der Waals surface area contributed by atoms with E-state index in [4.69, 9.17) is 15.5 Å². The zero-order valence-corrected chi connectivity index (χ0v) is 9.12. The molecule has 0 rings (SSSR count). The lowest BCUT2D eigenvalue weighted by molar-refractivity contribution is 0.171. The minimum Gasteiger partial charge on any atom is -0.326 e. The van der Waals surface area contributed by atoms with Gasteiger partial charge in [0.2, 0.25) is 0 Å². The van der Waals surface area contributed by atoms with E-state index in [0.717, 1.165) is 0 Å². The van der Waals surface area contributed by atoms with Gasteiger partial charge in [-0.1, -0.05) is 20.8 Å². The van der Waals surface area contributed by atoms with E-state index in [-0.39, 0.29) is 18.1 Å². The SMILES string of the molecule is CC(C)(C)CC(N)COP(=O)(O)O. The maximum atomic E-state index is 10.3. The summed E-state index contributed by atoms with van der Waals surface area (Å²) in [4.78, 5) is 16.8. The van der Waals surface area contributed by atoms with Gasteiger partial charge in [-0.2, -0.15) is 0 Å². The molecule has 0 aromatic heterocycles. The molecule has 0 fully saturated rings. The normalized spacial score (nSPS) is 15.8. The summed E-state index contributed by atoms with van der Waals surface area (Å²) in [6.45, 7) is 5.90. The van der Waals surface area contributed by atoms with E-state index < -0.39 is 7.82 Å². The van der Waals surface area contributed by atoms with Crippen LogP contribution in [0, 0.1) is 5.41 Å². The summed E-state index contributed by atoms with van der Waals surface area (Å²) in [7, 11) is -4.37. The van der Waals surface area contributed by atoms with Crippen LogP contribution in [0.2, 0.25) is 0 Å². The highest BCUT2D eigenvalue weighted by Gasteiger charge is 2.20. The maximum absolute atomic E-state index is 10.3. The standard InChI is InChI=1S/C7H18NO4P/c1-7(2,3)4-6(8)5-12-13(9,10)11/h6H,4-5,8H2,1-3H3,(H2,9,10,11). The first-order valence-electron chi connectivity index (χ1n) is 4.06. The van der Waals surface area contributed by atoms with Gasteiger partial charge in [-0.25, -0.2) is 4.57 Å². The molecule has 80 valence electrons. The Kier molecular flexibility index (Phi) is 4.55. The monoisotopic (exact) mass is 211 g/mol. The van der Waals surface area contributed by atoms with Gasteiger partial charge < -0.3 is 15.5 Å². The van der Waals surface area contributed by atoms with Crippen molar-refractivity contribution >= 4 is 7.82 Å². The van der Waals surface area contributed by atoms with Crippen LogP contribution in [0.1, 0.15) is 27.2 Å². The molecule has 0 amide bonds. The van der Waals surface area contributed by atoms with Crippen LogP contribution in [0.5, 0.6) is 0 Å². The van der Waals surface area contributed by atoms with Crippen LogP contribution in [0.25, 0.3) is 0 Å². The maximum Gasteiger partial charge on any atom is 0.469 e. The van der Waals surface area contributed by atoms with Gasteiger partial charge in [-0.05, 0) is 11.8 Å². The molecule has 0 saturated heterocycles. The van der Waals surface area contributed by atoms with E-state index in [0.29, 0.717) is 6.42 Å². The zero-order valence-electron chi connectivity index (χ0n) is 8.23. The molecule has 0 bridgehead atoms. The number of phosphoric ester groups is 1. The van der Waals surface area contributed by atoms with E-state index in [1.54, 1.807) is 0 Å². The Morgan fingerprint density at radius 3 is 2.23 bits per heavy atom. The van der Waals surface area contributed by atoms with Crippen molar-refractivity contribution in [1.29, 1.82) is 0 Å². The lowest BCUT2D eigenvalue weighted by atomic mass is 9.89. The Hall–Kier alpha value is 0.0700. The molecule has 0 aliphatic carbocycles. The highest BCUT2D eigenvalue weighted by atomic mass is 31.2. The predicted octanol–water partition coefficient (Wildman–Crippen LogP) is 0.859. The summed E-state index contributed by atoms with van der Waals surface area (Å²) in [5.74, 6) is 0. The van der Waals surface area contributed by atoms with Crippen LogP contribution in [0.15, 0.2) is 0 Å². The first-order valence-corrected chi connectivity index (χ1v) is 5.59. The summed E-state index contributed by atoms with van der Waals surface area (Å²) in [6, 6.07) is -0.340. The fourth-order valence-electron chi connectivity index (χ4n) is 1.04. The largest absolute Gasteiger partial charge is 0.469 e. The second-order valence-electron chi connectivity index (χ2n) is 4.31. The molecule has 1 atom stereocenters. The molecule has 6 heteroatoms. The third-order valence-corrected chi connectivity index (χ3v) is 1.82. The van der Waals surface area contributed by atoms with Gasteiger partial charge in [0.05, 0.1) is 6.61 Å². The number of nitrogens with two attached hydrogens (primary N) is 1. The van der Waals surface area contributed by atoms with E-state index in [2.05, 4.69) is 4.52 Å². The van der Waals surface area contributed by atoms with Crippen LogP contribution in [-0.4, -0.2) is 22.4 Å². The van der Waals surface area contributed by atoms with Gasteiger partial charge in [0, 0.05) is 6.04 Å². The molecule has 0 saturated carbocycles. The molecular formula is C7H18NO4P. The van der Waals surface area contributed by atoms with Gasteiger partial charge in [-0.3, -0.25) is 4.52 Å². The summed E-state index contributed by atoms with van der Waals surface area (Å²) < 4.78 is 14.6. The van der Waals surface area contributed by atoms with Gasteiger partial charge in [0.15, 0.2) is 0 Å². The molecule has 5 nitrogen and oxygen atoms in total. The van der Waals surface area contributed by atoms with E-state index >= 15 is 0 Å². The van der Waals surface area contributed by atoms with Crippen LogP contribution in [-0.2, 0) is 9.09 Å². The van der Waals surface area contributed by atoms with E-state index in [9.17, 15) is 4.57 Å². The molecule has 0 aromatic carbocycles. The predicted molar refractivity (Wildman–Crippen MR) is 50.0 cm³/mol. The molecule has 0 aliphatic rings. The van der Waals surface area contributed by atoms with Gasteiger partial charge in [0.25, 0.3) is 0 Å². The van der Waals surface area contributed by atoms with Gasteiger partial charge in [0.1, 0.15) is 0 Å². The third kappa shape index (κ3) is 9.99. The second kappa shape index (κ2) is 4.53. The Morgan fingerprint density at radius 1 is 1.46 bits per heavy atom. The van der Waals surface area contributed by atoms with Crippen molar-refractivity contribution in [2.24, 2.45) is 11.1 Å². The van der Waals surface area contributed by atoms with Crippen LogP contribution in [0.4, 0.5) is 0 Å². The van der Waals surface area contributed by atoms with Crippen molar-refractivity contribution in [3.63, 3.8) is 0 Å². The molecule has 0 spiro atoms. The molecule has 0 aromatic rings. The summed E-state index contributed by atoms with van der Waals surface area (Å²) >= 11 is 0. The second-order valence-corrected chi connectivity index (χ2v) is 5.55. The third-order valence-electron chi connectivity index (χ3n) is 1.33. The lowest BCUT2D eigenvalue weighted by Gasteiger charge is -2.22. The zero-order chi connectivity index (χ0) is 10.7. The van der Waals surface area contributed by atoms with E-state index in [1.807, 2.05) is 20.8 Å². The topological polar surface area (TPSA) is 92.8 Å². The van der Waals surface area contributed by atoms with Crippen LogP contribution < -0.4 is 5.73 Å². The first kappa shape index (κ1) is 13.1. The quantitative estimate of drug-likeness (QED) is 0.600. The average molecular weight is 211 g/mol. The number of rotatable bonds is 4. The molecule has 0 radical (unpaired) electrons. The number of hydrogen-bond donors (Lipinski definition) is 3. The molecule has 0 aliphatic heterocycles. The highest BCUT2D eigenvalue weighted by molar-refractivity contribution is 7.46. The average Bonchev–Trinajstić information content (AvgIpc) is 1.78. The summed E-state index contributed by atoms with van der Waals surface area (Å²) in [6.07, 6.45) is 0.660. The fraction of sp³-hybridized carbons (Fsp3) is 1.00.